The SMILES string of the molecule is Cn1cc(-c2ccc3c(N4CCC=C(c5ncc(Cc6ccccc6)cn5)CC4)cnn3c2)cn1. The molecular formula is C28H27N7. The topological polar surface area (TPSA) is 64.1 Å². The predicted octanol–water partition coefficient (Wildman–Crippen LogP) is 4.80. The number of fused-ring (bicyclic) bond motifs is 1. The van der Waals surface area contributed by atoms with Gasteiger partial charge in [0.1, 0.15) is 0 Å². The fraction of sp³-hybridized carbons (Fsp3) is 0.214. The highest BCUT2D eigenvalue weighted by Gasteiger charge is 2.17. The van der Waals surface area contributed by atoms with Crippen molar-refractivity contribution in [1.29, 1.82) is 0 Å². The van der Waals surface area contributed by atoms with Crippen LogP contribution >= 0.6 is 0 Å². The monoisotopic (exact) mass is 461 g/mol. The van der Waals surface area contributed by atoms with Crippen molar-refractivity contribution in [3.05, 3.63) is 103 Å². The van der Waals surface area contributed by atoms with E-state index in [0.29, 0.717) is 0 Å². The quantitative estimate of drug-likeness (QED) is 0.376. The van der Waals surface area contributed by atoms with E-state index in [9.17, 15) is 0 Å². The van der Waals surface area contributed by atoms with Crippen LogP contribution in [0.3, 0.4) is 0 Å². The maximum Gasteiger partial charge on any atom is 0.154 e. The molecule has 0 spiro atoms. The normalized spacial score (nSPS) is 14.2. The lowest BCUT2D eigenvalue weighted by atomic mass is 10.1. The van der Waals surface area contributed by atoms with Crippen LogP contribution in [0.25, 0.3) is 22.2 Å². The first-order valence-corrected chi connectivity index (χ1v) is 12.0. The Kier molecular flexibility index (Phi) is 5.58. The van der Waals surface area contributed by atoms with E-state index in [4.69, 9.17) is 9.97 Å². The smallest absolute Gasteiger partial charge is 0.154 e. The molecule has 0 aliphatic carbocycles. The van der Waals surface area contributed by atoms with Gasteiger partial charge in [0.05, 0.1) is 23.6 Å². The number of benzene rings is 1. The molecule has 0 unspecified atom stereocenters. The summed E-state index contributed by atoms with van der Waals surface area (Å²) in [5.74, 6) is 0.838. The molecule has 0 saturated carbocycles. The van der Waals surface area contributed by atoms with E-state index in [-0.39, 0.29) is 0 Å². The number of aromatic nitrogens is 6. The number of aryl methyl sites for hydroxylation is 1. The van der Waals surface area contributed by atoms with Crippen molar-refractivity contribution in [3.63, 3.8) is 0 Å². The van der Waals surface area contributed by atoms with Gasteiger partial charge in [-0.05, 0) is 35.6 Å². The van der Waals surface area contributed by atoms with Gasteiger partial charge in [0.15, 0.2) is 5.82 Å². The average Bonchev–Trinajstić information content (AvgIpc) is 3.44. The minimum Gasteiger partial charge on any atom is -0.368 e. The molecule has 0 saturated heterocycles. The predicted molar refractivity (Wildman–Crippen MR) is 138 cm³/mol. The number of nitrogens with zero attached hydrogens (tertiary/aromatic N) is 7. The van der Waals surface area contributed by atoms with E-state index >= 15 is 0 Å². The second-order valence-corrected chi connectivity index (χ2v) is 9.01. The van der Waals surface area contributed by atoms with E-state index in [2.05, 4.69) is 63.8 Å². The van der Waals surface area contributed by atoms with Crippen LogP contribution in [0.15, 0.2) is 85.7 Å². The van der Waals surface area contributed by atoms with Crippen LogP contribution in [-0.4, -0.2) is 42.5 Å². The van der Waals surface area contributed by atoms with Crippen molar-refractivity contribution in [1.82, 2.24) is 29.4 Å². The highest BCUT2D eigenvalue weighted by atomic mass is 15.3. The van der Waals surface area contributed by atoms with Gasteiger partial charge in [0.2, 0.25) is 0 Å². The molecule has 5 aromatic rings. The Morgan fingerprint density at radius 1 is 0.800 bits per heavy atom. The third kappa shape index (κ3) is 4.45. The maximum absolute atomic E-state index is 4.70. The molecule has 0 bridgehead atoms. The molecule has 0 amide bonds. The summed E-state index contributed by atoms with van der Waals surface area (Å²) in [7, 11) is 1.93. The van der Waals surface area contributed by atoms with Gasteiger partial charge < -0.3 is 4.90 Å². The van der Waals surface area contributed by atoms with Gasteiger partial charge in [-0.25, -0.2) is 14.5 Å². The van der Waals surface area contributed by atoms with Gasteiger partial charge in [-0.1, -0.05) is 42.5 Å². The van der Waals surface area contributed by atoms with E-state index < -0.39 is 0 Å². The molecular weight excluding hydrogens is 434 g/mol. The van der Waals surface area contributed by atoms with Crippen LogP contribution in [0.1, 0.15) is 29.8 Å². The second-order valence-electron chi connectivity index (χ2n) is 9.01. The zero-order valence-corrected chi connectivity index (χ0v) is 19.7. The molecule has 1 aliphatic rings. The minimum atomic E-state index is 0.838. The van der Waals surface area contributed by atoms with Crippen molar-refractivity contribution in [2.75, 3.05) is 18.0 Å². The number of hydrogen-bond acceptors (Lipinski definition) is 5. The number of hydrogen-bond donors (Lipinski definition) is 0. The summed E-state index contributed by atoms with van der Waals surface area (Å²) >= 11 is 0. The molecule has 5 heterocycles. The van der Waals surface area contributed by atoms with E-state index in [1.165, 1.54) is 11.1 Å². The van der Waals surface area contributed by atoms with Gasteiger partial charge in [0.25, 0.3) is 0 Å². The minimum absolute atomic E-state index is 0.838. The standard InChI is InChI=1S/C28H27N7/c1-33-19-25(17-31-33)24-9-10-26-27(18-32-35(26)20-24)34-12-5-8-23(11-13-34)28-29-15-22(16-30-28)14-21-6-3-2-4-7-21/h2-4,6-10,15-20H,5,11-14H2,1H3. The molecule has 35 heavy (non-hydrogen) atoms. The zero-order valence-electron chi connectivity index (χ0n) is 19.7. The lowest BCUT2D eigenvalue weighted by molar-refractivity contribution is 0.768. The Morgan fingerprint density at radius 3 is 2.46 bits per heavy atom. The molecule has 7 heteroatoms. The molecule has 4 aromatic heterocycles. The Morgan fingerprint density at radius 2 is 1.66 bits per heavy atom. The largest absolute Gasteiger partial charge is 0.368 e. The van der Waals surface area contributed by atoms with E-state index in [0.717, 1.165) is 66.1 Å². The molecule has 0 radical (unpaired) electrons. The molecule has 6 rings (SSSR count). The highest BCUT2D eigenvalue weighted by Crippen LogP contribution is 2.28. The Hall–Kier alpha value is -4.26. The summed E-state index contributed by atoms with van der Waals surface area (Å²) in [6.07, 6.45) is 16.9. The molecule has 0 fully saturated rings. The van der Waals surface area contributed by atoms with Crippen LogP contribution in [0, 0.1) is 0 Å². The number of pyridine rings is 1. The summed E-state index contributed by atoms with van der Waals surface area (Å²) in [6, 6.07) is 14.7. The van der Waals surface area contributed by atoms with Crippen molar-refractivity contribution in [2.45, 2.75) is 19.3 Å². The molecule has 1 aliphatic heterocycles. The lowest BCUT2D eigenvalue weighted by Crippen LogP contribution is -2.24. The Labute approximate surface area is 204 Å². The summed E-state index contributed by atoms with van der Waals surface area (Å²) in [5, 5.41) is 8.93. The average molecular weight is 462 g/mol. The lowest BCUT2D eigenvalue weighted by Gasteiger charge is -2.21. The third-order valence-electron chi connectivity index (χ3n) is 6.56. The highest BCUT2D eigenvalue weighted by molar-refractivity contribution is 5.76. The summed E-state index contributed by atoms with van der Waals surface area (Å²) < 4.78 is 3.78. The third-order valence-corrected chi connectivity index (χ3v) is 6.56. The first-order chi connectivity index (χ1) is 17.2. The van der Waals surface area contributed by atoms with Crippen molar-refractivity contribution in [3.8, 4) is 11.1 Å². The van der Waals surface area contributed by atoms with Gasteiger partial charge in [0, 0.05) is 62.5 Å². The van der Waals surface area contributed by atoms with Crippen LogP contribution in [0.2, 0.25) is 0 Å². The number of anilines is 1. The zero-order chi connectivity index (χ0) is 23.6. The fourth-order valence-corrected chi connectivity index (χ4v) is 4.71. The summed E-state index contributed by atoms with van der Waals surface area (Å²) in [6.45, 7) is 1.86. The molecule has 174 valence electrons. The Bertz CT molecular complexity index is 1480. The molecule has 0 N–H and O–H groups in total. The number of rotatable bonds is 5. The van der Waals surface area contributed by atoms with Crippen molar-refractivity contribution >= 4 is 16.8 Å². The van der Waals surface area contributed by atoms with E-state index in [1.54, 1.807) is 0 Å². The summed E-state index contributed by atoms with van der Waals surface area (Å²) in [4.78, 5) is 11.8. The van der Waals surface area contributed by atoms with Crippen LogP contribution in [0.4, 0.5) is 5.69 Å². The first-order valence-electron chi connectivity index (χ1n) is 12.0. The van der Waals surface area contributed by atoms with Gasteiger partial charge in [-0.3, -0.25) is 4.68 Å². The van der Waals surface area contributed by atoms with E-state index in [1.807, 2.05) is 53.3 Å². The fourth-order valence-electron chi connectivity index (χ4n) is 4.71. The van der Waals surface area contributed by atoms with Crippen molar-refractivity contribution in [2.24, 2.45) is 7.05 Å². The Balaban J connectivity index is 1.15. The second kappa shape index (κ2) is 9.18. The van der Waals surface area contributed by atoms with Crippen LogP contribution in [0.5, 0.6) is 0 Å². The first kappa shape index (κ1) is 21.3. The molecule has 1 aromatic carbocycles. The molecule has 7 nitrogen and oxygen atoms in total. The van der Waals surface area contributed by atoms with Crippen molar-refractivity contribution < 1.29 is 0 Å². The summed E-state index contributed by atoms with van der Waals surface area (Å²) in [5.41, 5.74) is 8.09. The van der Waals surface area contributed by atoms with Crippen LogP contribution < -0.4 is 4.90 Å². The van der Waals surface area contributed by atoms with Gasteiger partial charge in [-0.2, -0.15) is 10.2 Å². The molecule has 0 atom stereocenters. The van der Waals surface area contributed by atoms with Gasteiger partial charge in [-0.15, -0.1) is 0 Å². The van der Waals surface area contributed by atoms with Gasteiger partial charge >= 0.3 is 0 Å². The maximum atomic E-state index is 4.70. The van der Waals surface area contributed by atoms with Crippen LogP contribution in [-0.2, 0) is 13.5 Å².